The van der Waals surface area contributed by atoms with Crippen molar-refractivity contribution in [2.45, 2.75) is 144 Å². The van der Waals surface area contributed by atoms with Crippen LogP contribution >= 0.6 is 0 Å². The molecule has 0 radical (unpaired) electrons. The molecular weight excluding hydrogens is 506 g/mol. The summed E-state index contributed by atoms with van der Waals surface area (Å²) < 4.78 is 24.2. The molecule has 0 aromatic rings. The highest BCUT2D eigenvalue weighted by atomic mass is 16.7. The van der Waals surface area contributed by atoms with Gasteiger partial charge in [0.15, 0.2) is 0 Å². The fourth-order valence-electron chi connectivity index (χ4n) is 4.78. The molecule has 2 aliphatic heterocycles. The van der Waals surface area contributed by atoms with E-state index in [4.69, 9.17) is 18.6 Å². The van der Waals surface area contributed by atoms with Crippen molar-refractivity contribution in [2.75, 3.05) is 13.1 Å². The van der Waals surface area contributed by atoms with Crippen molar-refractivity contribution in [1.29, 1.82) is 0 Å². The number of amides is 2. The molecule has 0 bridgehead atoms. The Bertz CT molecular complexity index is 845. The Morgan fingerprint density at radius 3 is 1.07 bits per heavy atom. The molecule has 4 unspecified atom stereocenters. The van der Waals surface area contributed by atoms with Crippen LogP contribution in [0.15, 0.2) is 0 Å². The van der Waals surface area contributed by atoms with E-state index >= 15 is 0 Å². The van der Waals surface area contributed by atoms with E-state index < -0.39 is 0 Å². The van der Waals surface area contributed by atoms with Crippen molar-refractivity contribution in [1.82, 2.24) is 10.6 Å². The highest BCUT2D eigenvalue weighted by molar-refractivity contribution is 6.49. The summed E-state index contributed by atoms with van der Waals surface area (Å²) in [5, 5.41) is 6.06. The molecular formula is C30H56B2N2O6. The maximum absolute atomic E-state index is 11.9. The molecule has 8 nitrogen and oxygen atoms in total. The molecule has 2 amide bonds. The number of nitrogens with one attached hydrogen (secondary N) is 2. The molecule has 10 heteroatoms. The smallest absolute Gasteiger partial charge is 0.403 e. The summed E-state index contributed by atoms with van der Waals surface area (Å²) in [6, 6.07) is 0. The number of rotatable bonds is 6. The third-order valence-corrected chi connectivity index (χ3v) is 9.61. The van der Waals surface area contributed by atoms with Crippen LogP contribution in [0.5, 0.6) is 0 Å². The first-order chi connectivity index (χ1) is 17.9. The predicted octanol–water partition coefficient (Wildman–Crippen LogP) is 5.26. The summed E-state index contributed by atoms with van der Waals surface area (Å²) in [7, 11) is -0.256. The van der Waals surface area contributed by atoms with E-state index in [1.165, 1.54) is 0 Å². The average molecular weight is 562 g/mol. The minimum Gasteiger partial charge on any atom is -0.403 e. The van der Waals surface area contributed by atoms with Crippen molar-refractivity contribution in [2.24, 2.45) is 22.7 Å². The highest BCUT2D eigenvalue weighted by Gasteiger charge is 2.60. The Kier molecular flexibility index (Phi) is 9.08. The zero-order chi connectivity index (χ0) is 30.7. The lowest BCUT2D eigenvalue weighted by molar-refractivity contribution is -0.129. The van der Waals surface area contributed by atoms with E-state index in [-0.39, 0.29) is 59.3 Å². The molecule has 0 aromatic heterocycles. The van der Waals surface area contributed by atoms with Gasteiger partial charge in [0, 0.05) is 23.9 Å². The van der Waals surface area contributed by atoms with Gasteiger partial charge in [-0.15, -0.1) is 0 Å². The third-order valence-electron chi connectivity index (χ3n) is 9.61. The van der Waals surface area contributed by atoms with Gasteiger partial charge >= 0.3 is 14.2 Å². The predicted molar refractivity (Wildman–Crippen MR) is 161 cm³/mol. The Morgan fingerprint density at radius 1 is 0.600 bits per heavy atom. The van der Waals surface area contributed by atoms with E-state index in [1.54, 1.807) is 0 Å². The van der Waals surface area contributed by atoms with Gasteiger partial charge in [-0.05, 0) is 91.7 Å². The summed E-state index contributed by atoms with van der Waals surface area (Å²) in [6.07, 6.45) is 2.14. The molecule has 2 heterocycles. The zero-order valence-electron chi connectivity index (χ0n) is 27.7. The topological polar surface area (TPSA) is 95.1 Å². The monoisotopic (exact) mass is 562 g/mol. The molecule has 0 aromatic carbocycles. The number of carbonyl (C=O) groups is 2. The van der Waals surface area contributed by atoms with Crippen LogP contribution in [0, 0.1) is 22.7 Å². The fraction of sp³-hybridized carbons (Fsp3) is 0.933. The molecule has 4 atom stereocenters. The summed E-state index contributed by atoms with van der Waals surface area (Å²) in [5.41, 5.74) is -1.71. The van der Waals surface area contributed by atoms with E-state index in [2.05, 4.69) is 66.0 Å². The minimum absolute atomic E-state index is 0.108. The Labute approximate surface area is 244 Å². The average Bonchev–Trinajstić information content (AvgIpc) is 3.66. The number of hydrogen-bond acceptors (Lipinski definition) is 6. The number of carbonyl (C=O) groups excluding carboxylic acids is 2. The lowest BCUT2D eigenvalue weighted by Gasteiger charge is -2.32. The second-order valence-electron chi connectivity index (χ2n) is 16.5. The van der Waals surface area contributed by atoms with Crippen molar-refractivity contribution in [3.8, 4) is 0 Å². The lowest BCUT2D eigenvalue weighted by Crippen LogP contribution is -2.41. The summed E-state index contributed by atoms with van der Waals surface area (Å²) in [4.78, 5) is 23.7. The van der Waals surface area contributed by atoms with Gasteiger partial charge in [-0.3, -0.25) is 9.59 Å². The van der Waals surface area contributed by atoms with Gasteiger partial charge in [0.2, 0.25) is 11.8 Å². The van der Waals surface area contributed by atoms with Gasteiger partial charge in [-0.2, -0.15) is 0 Å². The molecule has 0 spiro atoms. The first-order valence-electron chi connectivity index (χ1n) is 15.2. The van der Waals surface area contributed by atoms with Crippen molar-refractivity contribution in [3.05, 3.63) is 0 Å². The summed E-state index contributed by atoms with van der Waals surface area (Å²) >= 11 is 0. The first kappa shape index (κ1) is 33.4. The largest absolute Gasteiger partial charge is 0.461 e. The molecule has 4 fully saturated rings. The second kappa shape index (κ2) is 10.9. The quantitative estimate of drug-likeness (QED) is 0.429. The van der Waals surface area contributed by atoms with Crippen molar-refractivity contribution < 1.29 is 28.2 Å². The van der Waals surface area contributed by atoms with Crippen LogP contribution in [0.1, 0.15) is 110 Å². The second-order valence-corrected chi connectivity index (χ2v) is 16.5. The Morgan fingerprint density at radius 2 is 0.850 bits per heavy atom. The molecule has 2 N–H and O–H groups in total. The standard InChI is InChI=1S/2C15H28BNO3/c2*1-13(2,3)12(18)17-9-10-8-11(10)16-19-14(4,5)15(6,7)20-16/h2*10-11H,8-9H2,1-7H3,(H,17,18). The highest BCUT2D eigenvalue weighted by Crippen LogP contribution is 2.53. The zero-order valence-corrected chi connectivity index (χ0v) is 27.7. The normalized spacial score (nSPS) is 31.2. The molecule has 228 valence electrons. The SMILES string of the molecule is CC(C)(C)C(=O)NCC1CC1B1OC(C)(C)C(C)(C)O1.CC(C)(C)C(=O)NCC1CC1B1OC(C)(C)C(C)(C)O1. The van der Waals surface area contributed by atoms with Gasteiger partial charge in [-0.1, -0.05) is 41.5 Å². The summed E-state index contributed by atoms with van der Waals surface area (Å²) in [5.74, 6) is 2.01. The molecule has 2 saturated carbocycles. The van der Waals surface area contributed by atoms with Gasteiger partial charge in [0.05, 0.1) is 22.4 Å². The maximum Gasteiger partial charge on any atom is 0.461 e. The van der Waals surface area contributed by atoms with Gasteiger partial charge < -0.3 is 29.3 Å². The molecule has 4 aliphatic rings. The van der Waals surface area contributed by atoms with Crippen molar-refractivity contribution in [3.63, 3.8) is 0 Å². The van der Waals surface area contributed by atoms with Crippen LogP contribution in [-0.4, -0.2) is 61.5 Å². The van der Waals surface area contributed by atoms with Crippen molar-refractivity contribution >= 4 is 26.1 Å². The third kappa shape index (κ3) is 7.64. The van der Waals surface area contributed by atoms with E-state index in [1.807, 2.05) is 41.5 Å². The van der Waals surface area contributed by atoms with Crippen LogP contribution in [0.25, 0.3) is 0 Å². The van der Waals surface area contributed by atoms with E-state index in [9.17, 15) is 9.59 Å². The lowest BCUT2D eigenvalue weighted by atomic mass is 9.80. The molecule has 40 heavy (non-hydrogen) atoms. The Balaban J connectivity index is 0.000000220. The molecule has 2 aliphatic carbocycles. The van der Waals surface area contributed by atoms with Crippen LogP contribution in [0.3, 0.4) is 0 Å². The fourth-order valence-corrected chi connectivity index (χ4v) is 4.78. The van der Waals surface area contributed by atoms with Crippen LogP contribution in [0.4, 0.5) is 0 Å². The van der Waals surface area contributed by atoms with Crippen LogP contribution < -0.4 is 10.6 Å². The summed E-state index contributed by atoms with van der Waals surface area (Å²) in [6.45, 7) is 29.6. The van der Waals surface area contributed by atoms with E-state index in [0.29, 0.717) is 23.5 Å². The Hall–Kier alpha value is -1.09. The molecule has 4 rings (SSSR count). The van der Waals surface area contributed by atoms with Gasteiger partial charge in [0.25, 0.3) is 0 Å². The van der Waals surface area contributed by atoms with Gasteiger partial charge in [-0.25, -0.2) is 0 Å². The maximum atomic E-state index is 11.9. The van der Waals surface area contributed by atoms with Crippen LogP contribution in [0.2, 0.25) is 11.6 Å². The first-order valence-corrected chi connectivity index (χ1v) is 15.2. The number of hydrogen-bond donors (Lipinski definition) is 2. The molecule has 2 saturated heterocycles. The van der Waals surface area contributed by atoms with Gasteiger partial charge in [0.1, 0.15) is 0 Å². The minimum atomic E-state index is -0.325. The van der Waals surface area contributed by atoms with E-state index in [0.717, 1.165) is 25.9 Å². The van der Waals surface area contributed by atoms with Crippen LogP contribution in [-0.2, 0) is 28.2 Å².